The van der Waals surface area contributed by atoms with Crippen LogP contribution >= 0.6 is 23.2 Å². The molecule has 6 nitrogen and oxygen atoms in total. The van der Waals surface area contributed by atoms with Crippen molar-refractivity contribution in [3.63, 3.8) is 0 Å². The molecule has 140 valence electrons. The minimum Gasteiger partial charge on any atom is -0.350 e. The van der Waals surface area contributed by atoms with Crippen LogP contribution in [0.5, 0.6) is 0 Å². The van der Waals surface area contributed by atoms with Gasteiger partial charge in [0.05, 0.1) is 0 Å². The summed E-state index contributed by atoms with van der Waals surface area (Å²) in [6, 6.07) is 10.4. The molecule has 3 rings (SSSR count). The molecule has 2 aromatic carbocycles. The Morgan fingerprint density at radius 1 is 1.26 bits per heavy atom. The molecule has 1 heterocycles. The Bertz CT molecular complexity index is 962. The van der Waals surface area contributed by atoms with Crippen LogP contribution in [-0.4, -0.2) is 26.1 Å². The fourth-order valence-corrected chi connectivity index (χ4v) is 3.14. The van der Waals surface area contributed by atoms with Gasteiger partial charge in [-0.1, -0.05) is 41.4 Å². The largest absolute Gasteiger partial charge is 0.350 e. The van der Waals surface area contributed by atoms with Gasteiger partial charge < -0.3 is 5.32 Å². The van der Waals surface area contributed by atoms with Crippen molar-refractivity contribution in [1.29, 1.82) is 0 Å². The van der Waals surface area contributed by atoms with Crippen LogP contribution in [0.2, 0.25) is 10.0 Å². The standard InChI is InChI=1S/C18H16Cl2FN5O/c1-11-23-24-25-26(11)17(8-12-3-2-4-15(21)7-12)18(27)22-10-13-5-6-14(19)9-16(13)20/h2-7,9,17H,8,10H2,1H3,(H,22,27)/t17-/m1/s1. The van der Waals surface area contributed by atoms with Gasteiger partial charge in [0, 0.05) is 23.0 Å². The van der Waals surface area contributed by atoms with Crippen LogP contribution in [0.4, 0.5) is 4.39 Å². The molecule has 1 amide bonds. The second kappa shape index (κ2) is 8.45. The number of hydrogen-bond acceptors (Lipinski definition) is 4. The van der Waals surface area contributed by atoms with Crippen molar-refractivity contribution in [2.75, 3.05) is 0 Å². The summed E-state index contributed by atoms with van der Waals surface area (Å²) in [6.45, 7) is 1.91. The lowest BCUT2D eigenvalue weighted by molar-refractivity contribution is -0.124. The van der Waals surface area contributed by atoms with Crippen molar-refractivity contribution >= 4 is 29.1 Å². The van der Waals surface area contributed by atoms with Crippen LogP contribution in [0, 0.1) is 12.7 Å². The maximum absolute atomic E-state index is 13.5. The van der Waals surface area contributed by atoms with Crippen LogP contribution < -0.4 is 5.32 Å². The summed E-state index contributed by atoms with van der Waals surface area (Å²) in [5.74, 6) is -0.190. The van der Waals surface area contributed by atoms with E-state index >= 15 is 0 Å². The molecule has 0 spiro atoms. The summed E-state index contributed by atoms with van der Waals surface area (Å²) in [6.07, 6.45) is 0.240. The van der Waals surface area contributed by atoms with Crippen molar-refractivity contribution < 1.29 is 9.18 Å². The van der Waals surface area contributed by atoms with Gasteiger partial charge in [-0.05, 0) is 52.7 Å². The Morgan fingerprint density at radius 2 is 2.07 bits per heavy atom. The van der Waals surface area contributed by atoms with Crippen LogP contribution in [0.3, 0.4) is 0 Å². The molecule has 0 aliphatic rings. The first-order valence-corrected chi connectivity index (χ1v) is 8.90. The van der Waals surface area contributed by atoms with Crippen molar-refractivity contribution in [3.8, 4) is 0 Å². The van der Waals surface area contributed by atoms with Gasteiger partial charge in [0.15, 0.2) is 0 Å². The van der Waals surface area contributed by atoms with Gasteiger partial charge in [-0.25, -0.2) is 9.07 Å². The maximum Gasteiger partial charge on any atom is 0.245 e. The number of nitrogens with zero attached hydrogens (tertiary/aromatic N) is 4. The molecular formula is C18H16Cl2FN5O. The normalized spacial score (nSPS) is 12.0. The van der Waals surface area contributed by atoms with Crippen LogP contribution in [0.15, 0.2) is 42.5 Å². The van der Waals surface area contributed by atoms with E-state index in [1.165, 1.54) is 16.8 Å². The minimum atomic E-state index is -0.729. The number of tetrazole rings is 1. The highest BCUT2D eigenvalue weighted by Crippen LogP contribution is 2.21. The van der Waals surface area contributed by atoms with Crippen LogP contribution in [-0.2, 0) is 17.8 Å². The van der Waals surface area contributed by atoms with E-state index in [1.54, 1.807) is 37.3 Å². The molecule has 0 aliphatic heterocycles. The SMILES string of the molecule is Cc1nnnn1[C@H](Cc1cccc(F)c1)C(=O)NCc1ccc(Cl)cc1Cl. The summed E-state index contributed by atoms with van der Waals surface area (Å²) < 4.78 is 14.9. The molecule has 1 N–H and O–H groups in total. The lowest BCUT2D eigenvalue weighted by atomic mass is 10.0. The average Bonchev–Trinajstić information content (AvgIpc) is 3.04. The molecule has 0 fully saturated rings. The predicted molar refractivity (Wildman–Crippen MR) is 100 cm³/mol. The summed E-state index contributed by atoms with van der Waals surface area (Å²) >= 11 is 12.0. The Hall–Kier alpha value is -2.51. The molecule has 27 heavy (non-hydrogen) atoms. The number of rotatable bonds is 6. The summed E-state index contributed by atoms with van der Waals surface area (Å²) in [5, 5.41) is 15.1. The molecule has 1 atom stereocenters. The number of aryl methyl sites for hydroxylation is 1. The smallest absolute Gasteiger partial charge is 0.245 e. The molecule has 0 unspecified atom stereocenters. The minimum absolute atomic E-state index is 0.218. The first kappa shape index (κ1) is 19.3. The van der Waals surface area contributed by atoms with E-state index in [0.717, 1.165) is 5.56 Å². The van der Waals surface area contributed by atoms with Crippen molar-refractivity contribution in [3.05, 3.63) is 75.3 Å². The van der Waals surface area contributed by atoms with E-state index < -0.39 is 6.04 Å². The first-order chi connectivity index (χ1) is 12.9. The molecule has 0 bridgehead atoms. The van der Waals surface area contributed by atoms with Gasteiger partial charge in [0.1, 0.15) is 17.7 Å². The fourth-order valence-electron chi connectivity index (χ4n) is 2.67. The van der Waals surface area contributed by atoms with Crippen LogP contribution in [0.25, 0.3) is 0 Å². The van der Waals surface area contributed by atoms with Gasteiger partial charge in [0.2, 0.25) is 5.91 Å². The number of nitrogens with one attached hydrogen (secondary N) is 1. The molecule has 0 aliphatic carbocycles. The third-order valence-electron chi connectivity index (χ3n) is 4.04. The lowest BCUT2D eigenvalue weighted by Gasteiger charge is -2.18. The fraction of sp³-hybridized carbons (Fsp3) is 0.222. The van der Waals surface area contributed by atoms with Crippen molar-refractivity contribution in [1.82, 2.24) is 25.5 Å². The van der Waals surface area contributed by atoms with Crippen LogP contribution in [0.1, 0.15) is 23.0 Å². The highest BCUT2D eigenvalue weighted by atomic mass is 35.5. The number of aromatic nitrogens is 4. The second-order valence-corrected chi connectivity index (χ2v) is 6.82. The van der Waals surface area contributed by atoms with Crippen molar-refractivity contribution in [2.24, 2.45) is 0 Å². The third-order valence-corrected chi connectivity index (χ3v) is 4.63. The molecule has 1 aromatic heterocycles. The zero-order valence-electron chi connectivity index (χ0n) is 14.4. The Labute approximate surface area is 165 Å². The second-order valence-electron chi connectivity index (χ2n) is 5.97. The monoisotopic (exact) mass is 407 g/mol. The summed E-state index contributed by atoms with van der Waals surface area (Å²) in [7, 11) is 0. The van der Waals surface area contributed by atoms with E-state index in [0.29, 0.717) is 21.4 Å². The highest BCUT2D eigenvalue weighted by Gasteiger charge is 2.24. The predicted octanol–water partition coefficient (Wildman–Crippen LogP) is 3.53. The highest BCUT2D eigenvalue weighted by molar-refractivity contribution is 6.35. The van der Waals surface area contributed by atoms with E-state index in [-0.39, 0.29) is 24.7 Å². The molecule has 0 saturated heterocycles. The van der Waals surface area contributed by atoms with Gasteiger partial charge in [0.25, 0.3) is 0 Å². The van der Waals surface area contributed by atoms with Gasteiger partial charge >= 0.3 is 0 Å². The Balaban J connectivity index is 1.79. The van der Waals surface area contributed by atoms with Gasteiger partial charge in [-0.2, -0.15) is 0 Å². The number of carbonyl (C=O) groups is 1. The number of carbonyl (C=O) groups excluding carboxylic acids is 1. The number of hydrogen-bond donors (Lipinski definition) is 1. The quantitative estimate of drug-likeness (QED) is 0.678. The average molecular weight is 408 g/mol. The van der Waals surface area contributed by atoms with E-state index in [4.69, 9.17) is 23.2 Å². The van der Waals surface area contributed by atoms with Gasteiger partial charge in [-0.15, -0.1) is 5.10 Å². The topological polar surface area (TPSA) is 72.7 Å². The summed E-state index contributed by atoms with van der Waals surface area (Å²) in [4.78, 5) is 12.8. The third kappa shape index (κ3) is 4.81. The number of amides is 1. The maximum atomic E-state index is 13.5. The molecule has 3 aromatic rings. The van der Waals surface area contributed by atoms with Gasteiger partial charge in [-0.3, -0.25) is 4.79 Å². The van der Waals surface area contributed by atoms with Crippen molar-refractivity contribution in [2.45, 2.75) is 25.9 Å². The first-order valence-electron chi connectivity index (χ1n) is 8.14. The van der Waals surface area contributed by atoms with E-state index in [2.05, 4.69) is 20.8 Å². The molecule has 0 saturated carbocycles. The molecule has 9 heteroatoms. The van der Waals surface area contributed by atoms with E-state index in [9.17, 15) is 9.18 Å². The molecule has 0 radical (unpaired) electrons. The number of halogens is 3. The number of benzene rings is 2. The summed E-state index contributed by atoms with van der Waals surface area (Å²) in [5.41, 5.74) is 1.39. The zero-order valence-corrected chi connectivity index (χ0v) is 15.9. The Morgan fingerprint density at radius 3 is 2.74 bits per heavy atom. The zero-order chi connectivity index (χ0) is 19.4. The Kier molecular flexibility index (Phi) is 6.03. The molecular weight excluding hydrogens is 392 g/mol. The van der Waals surface area contributed by atoms with E-state index in [1.807, 2.05) is 0 Å². The lowest BCUT2D eigenvalue weighted by Crippen LogP contribution is -2.34.